The quantitative estimate of drug-likeness (QED) is 0.620. The highest BCUT2D eigenvalue weighted by Gasteiger charge is 2.31. The molecular weight excluding hydrogens is 260 g/mol. The molecule has 0 aliphatic heterocycles. The summed E-state index contributed by atoms with van der Waals surface area (Å²) in [5.41, 5.74) is 0. The highest BCUT2D eigenvalue weighted by molar-refractivity contribution is 5.82. The van der Waals surface area contributed by atoms with Gasteiger partial charge < -0.3 is 20.5 Å². The first-order valence-corrected chi connectivity index (χ1v) is 7.24. The molecule has 1 saturated carbocycles. The maximum Gasteiger partial charge on any atom is 0.326 e. The van der Waals surface area contributed by atoms with Crippen molar-refractivity contribution in [1.82, 2.24) is 10.6 Å². The molecule has 0 aromatic heterocycles. The van der Waals surface area contributed by atoms with Gasteiger partial charge in [-0.15, -0.1) is 0 Å². The van der Waals surface area contributed by atoms with Gasteiger partial charge in [0.2, 0.25) is 0 Å². The van der Waals surface area contributed by atoms with Crippen LogP contribution in [-0.4, -0.2) is 42.9 Å². The molecule has 0 spiro atoms. The smallest absolute Gasteiger partial charge is 0.326 e. The van der Waals surface area contributed by atoms with Crippen molar-refractivity contribution in [2.75, 3.05) is 13.7 Å². The van der Waals surface area contributed by atoms with Crippen LogP contribution in [0.25, 0.3) is 0 Å². The van der Waals surface area contributed by atoms with Crippen LogP contribution in [0, 0.1) is 11.8 Å². The molecule has 0 heterocycles. The van der Waals surface area contributed by atoms with Gasteiger partial charge in [0.1, 0.15) is 6.04 Å². The highest BCUT2D eigenvalue weighted by atomic mass is 16.5. The largest absolute Gasteiger partial charge is 0.480 e. The number of carboxylic acid groups (broad SMARTS) is 1. The molecule has 4 atom stereocenters. The van der Waals surface area contributed by atoms with E-state index in [1.54, 1.807) is 7.11 Å². The molecule has 0 aromatic carbocycles. The summed E-state index contributed by atoms with van der Waals surface area (Å²) >= 11 is 0. The number of methoxy groups -OCH3 is 1. The molecule has 1 fully saturated rings. The molecule has 0 radical (unpaired) electrons. The molecule has 1 rings (SSSR count). The van der Waals surface area contributed by atoms with Crippen LogP contribution in [0.4, 0.5) is 4.79 Å². The number of urea groups is 1. The first-order chi connectivity index (χ1) is 9.45. The lowest BCUT2D eigenvalue weighted by Gasteiger charge is -2.21. The van der Waals surface area contributed by atoms with Gasteiger partial charge >= 0.3 is 12.0 Å². The van der Waals surface area contributed by atoms with Crippen molar-refractivity contribution in [2.24, 2.45) is 11.8 Å². The number of hydrogen-bond donors (Lipinski definition) is 3. The Hall–Kier alpha value is -1.30. The Bertz CT molecular complexity index is 335. The fourth-order valence-corrected chi connectivity index (χ4v) is 2.63. The molecule has 4 unspecified atom stereocenters. The lowest BCUT2D eigenvalue weighted by Crippen LogP contribution is -2.49. The fraction of sp³-hybridized carbons (Fsp3) is 0.857. The molecule has 2 amide bonds. The van der Waals surface area contributed by atoms with Crippen LogP contribution in [0.2, 0.25) is 0 Å². The fourth-order valence-electron chi connectivity index (χ4n) is 2.63. The van der Waals surface area contributed by atoms with Crippen molar-refractivity contribution in [3.8, 4) is 0 Å². The molecular formula is C14H26N2O4. The molecule has 3 N–H and O–H groups in total. The Morgan fingerprint density at radius 3 is 2.55 bits per heavy atom. The van der Waals surface area contributed by atoms with Crippen molar-refractivity contribution in [2.45, 2.75) is 51.6 Å². The predicted octanol–water partition coefficient (Wildman–Crippen LogP) is 1.60. The predicted molar refractivity (Wildman–Crippen MR) is 75.6 cm³/mol. The van der Waals surface area contributed by atoms with Gasteiger partial charge in [0.05, 0.1) is 0 Å². The van der Waals surface area contributed by atoms with Crippen LogP contribution in [-0.2, 0) is 9.53 Å². The van der Waals surface area contributed by atoms with Gasteiger partial charge in [-0.2, -0.15) is 0 Å². The maximum atomic E-state index is 11.9. The second-order valence-electron chi connectivity index (χ2n) is 5.66. The zero-order valence-electron chi connectivity index (χ0n) is 12.5. The second kappa shape index (κ2) is 8.09. The number of nitrogens with one attached hydrogen (secondary N) is 2. The van der Waals surface area contributed by atoms with Crippen molar-refractivity contribution in [3.63, 3.8) is 0 Å². The van der Waals surface area contributed by atoms with Crippen molar-refractivity contribution < 1.29 is 19.4 Å². The van der Waals surface area contributed by atoms with Crippen molar-refractivity contribution >= 4 is 12.0 Å². The first-order valence-electron chi connectivity index (χ1n) is 7.24. The Morgan fingerprint density at radius 1 is 1.35 bits per heavy atom. The number of carbonyl (C=O) groups is 2. The number of ether oxygens (including phenoxy) is 1. The summed E-state index contributed by atoms with van der Waals surface area (Å²) < 4.78 is 4.89. The molecule has 0 saturated heterocycles. The third-order valence-electron chi connectivity index (χ3n) is 4.23. The minimum atomic E-state index is -1.01. The molecule has 20 heavy (non-hydrogen) atoms. The molecule has 1 aliphatic carbocycles. The number of amides is 2. The van der Waals surface area contributed by atoms with Gasteiger partial charge in [-0.05, 0) is 37.5 Å². The van der Waals surface area contributed by atoms with E-state index in [1.807, 2.05) is 0 Å². The molecule has 6 heteroatoms. The minimum absolute atomic E-state index is 0.137. The number of carbonyl (C=O) groups excluding carboxylic acids is 1. The van der Waals surface area contributed by atoms with Crippen molar-refractivity contribution in [3.05, 3.63) is 0 Å². The molecule has 1 aliphatic rings. The van der Waals surface area contributed by atoms with E-state index < -0.39 is 12.0 Å². The zero-order chi connectivity index (χ0) is 15.1. The van der Waals surface area contributed by atoms with Crippen LogP contribution in [0.3, 0.4) is 0 Å². The van der Waals surface area contributed by atoms with Gasteiger partial charge in [0.25, 0.3) is 0 Å². The summed E-state index contributed by atoms with van der Waals surface area (Å²) in [5, 5.41) is 14.5. The summed E-state index contributed by atoms with van der Waals surface area (Å²) in [4.78, 5) is 23.0. The highest BCUT2D eigenvalue weighted by Crippen LogP contribution is 2.30. The van der Waals surface area contributed by atoms with E-state index in [0.29, 0.717) is 31.3 Å². The normalized spacial score (nSPS) is 27.1. The lowest BCUT2D eigenvalue weighted by atomic mass is 9.98. The van der Waals surface area contributed by atoms with Gasteiger partial charge in [0.15, 0.2) is 0 Å². The zero-order valence-corrected chi connectivity index (χ0v) is 12.5. The van der Waals surface area contributed by atoms with Gasteiger partial charge in [-0.1, -0.05) is 13.8 Å². The summed E-state index contributed by atoms with van der Waals surface area (Å²) in [7, 11) is 1.57. The SMILES string of the molecule is COCCCC(NC(=O)NC1CCC(C)C1C)C(=O)O. The summed E-state index contributed by atoms with van der Waals surface area (Å²) in [6, 6.07) is -1.11. The van der Waals surface area contributed by atoms with E-state index >= 15 is 0 Å². The van der Waals surface area contributed by atoms with E-state index in [4.69, 9.17) is 9.84 Å². The molecule has 6 nitrogen and oxygen atoms in total. The first kappa shape index (κ1) is 16.8. The average molecular weight is 286 g/mol. The van der Waals surface area contributed by atoms with E-state index in [9.17, 15) is 9.59 Å². The average Bonchev–Trinajstić information content (AvgIpc) is 2.69. The number of carboxylic acids is 1. The monoisotopic (exact) mass is 286 g/mol. The Kier molecular flexibility index (Phi) is 6.78. The molecule has 116 valence electrons. The van der Waals surface area contributed by atoms with E-state index in [1.165, 1.54) is 0 Å². The second-order valence-corrected chi connectivity index (χ2v) is 5.66. The standard InChI is InChI=1S/C14H26N2O4/c1-9-6-7-11(10(9)2)15-14(19)16-12(13(17)18)5-4-8-20-3/h9-12H,4-8H2,1-3H3,(H,17,18)(H2,15,16,19). The number of rotatable bonds is 7. The number of hydrogen-bond acceptors (Lipinski definition) is 3. The lowest BCUT2D eigenvalue weighted by molar-refractivity contribution is -0.139. The Labute approximate surface area is 120 Å². The van der Waals surface area contributed by atoms with Crippen LogP contribution >= 0.6 is 0 Å². The van der Waals surface area contributed by atoms with Crippen LogP contribution in [0.5, 0.6) is 0 Å². The van der Waals surface area contributed by atoms with Gasteiger partial charge in [-0.25, -0.2) is 9.59 Å². The van der Waals surface area contributed by atoms with Crippen molar-refractivity contribution in [1.29, 1.82) is 0 Å². The van der Waals surface area contributed by atoms with E-state index in [2.05, 4.69) is 24.5 Å². The summed E-state index contributed by atoms with van der Waals surface area (Å²) in [5.74, 6) is 0.0129. The number of aliphatic carboxylic acids is 1. The van der Waals surface area contributed by atoms with E-state index in [0.717, 1.165) is 12.8 Å². The van der Waals surface area contributed by atoms with Crippen LogP contribution in [0.15, 0.2) is 0 Å². The topological polar surface area (TPSA) is 87.7 Å². The third kappa shape index (κ3) is 5.00. The minimum Gasteiger partial charge on any atom is -0.480 e. The van der Waals surface area contributed by atoms with E-state index in [-0.39, 0.29) is 12.1 Å². The molecule has 0 bridgehead atoms. The summed E-state index contributed by atoms with van der Waals surface area (Å²) in [6.07, 6.45) is 3.03. The van der Waals surface area contributed by atoms with Crippen LogP contribution < -0.4 is 10.6 Å². The summed E-state index contributed by atoms with van der Waals surface area (Å²) in [6.45, 7) is 4.79. The van der Waals surface area contributed by atoms with Gasteiger partial charge in [-0.3, -0.25) is 0 Å². The Morgan fingerprint density at radius 2 is 2.05 bits per heavy atom. The Balaban J connectivity index is 2.39. The maximum absolute atomic E-state index is 11.9. The van der Waals surface area contributed by atoms with Gasteiger partial charge in [0, 0.05) is 19.8 Å². The van der Waals surface area contributed by atoms with Crippen LogP contribution in [0.1, 0.15) is 39.5 Å². The molecule has 0 aromatic rings. The third-order valence-corrected chi connectivity index (χ3v) is 4.23.